The highest BCUT2D eigenvalue weighted by Gasteiger charge is 2.21. The number of hydrogen-bond donors (Lipinski definition) is 0. The number of hydrogen-bond acceptors (Lipinski definition) is 5. The maximum atomic E-state index is 12.0. The lowest BCUT2D eigenvalue weighted by Gasteiger charge is -2.04. The SMILES string of the molecule is Cn1nnc2c(=O)n(CCOC3CC3)cnc21. The lowest BCUT2D eigenvalue weighted by atomic mass is 10.5. The Balaban J connectivity index is 1.83. The molecule has 0 unspecified atom stereocenters. The van der Waals surface area contributed by atoms with Gasteiger partial charge in [0.1, 0.15) is 6.33 Å². The van der Waals surface area contributed by atoms with Gasteiger partial charge in [-0.05, 0) is 12.8 Å². The molecule has 0 aromatic carbocycles. The van der Waals surface area contributed by atoms with E-state index in [-0.39, 0.29) is 5.56 Å². The quantitative estimate of drug-likeness (QED) is 0.727. The van der Waals surface area contributed by atoms with Crippen LogP contribution in [0.2, 0.25) is 0 Å². The first-order chi connectivity index (χ1) is 8.25. The van der Waals surface area contributed by atoms with Crippen LogP contribution in [0.4, 0.5) is 0 Å². The van der Waals surface area contributed by atoms with Gasteiger partial charge in [-0.1, -0.05) is 5.21 Å². The molecule has 7 nitrogen and oxygen atoms in total. The molecule has 2 aromatic heterocycles. The normalized spacial score (nSPS) is 15.6. The standard InChI is InChI=1S/C10H13N5O2/c1-14-9-8(12-13-14)10(16)15(6-11-9)4-5-17-7-2-3-7/h6-7H,2-5H2,1H3. The van der Waals surface area contributed by atoms with Crippen molar-refractivity contribution >= 4 is 11.2 Å². The van der Waals surface area contributed by atoms with Crippen LogP contribution >= 0.6 is 0 Å². The summed E-state index contributed by atoms with van der Waals surface area (Å²) in [5, 5.41) is 7.59. The van der Waals surface area contributed by atoms with Gasteiger partial charge in [0.15, 0.2) is 11.2 Å². The van der Waals surface area contributed by atoms with Crippen LogP contribution in [0.5, 0.6) is 0 Å². The lowest BCUT2D eigenvalue weighted by molar-refractivity contribution is 0.111. The Morgan fingerprint density at radius 1 is 1.53 bits per heavy atom. The fraction of sp³-hybridized carbons (Fsp3) is 0.600. The Morgan fingerprint density at radius 3 is 3.12 bits per heavy atom. The fourth-order valence-electron chi connectivity index (χ4n) is 1.66. The monoisotopic (exact) mass is 235 g/mol. The van der Waals surface area contributed by atoms with E-state index in [1.165, 1.54) is 15.6 Å². The van der Waals surface area contributed by atoms with Crippen LogP contribution in [0, 0.1) is 0 Å². The van der Waals surface area contributed by atoms with E-state index in [1.54, 1.807) is 7.05 Å². The summed E-state index contributed by atoms with van der Waals surface area (Å²) in [5.74, 6) is 0. The van der Waals surface area contributed by atoms with Crippen molar-refractivity contribution in [3.63, 3.8) is 0 Å². The Labute approximate surface area is 97.0 Å². The third-order valence-electron chi connectivity index (χ3n) is 2.79. The van der Waals surface area contributed by atoms with Crippen molar-refractivity contribution in [2.45, 2.75) is 25.5 Å². The Bertz CT molecular complexity index is 598. The molecule has 1 fully saturated rings. The molecule has 1 saturated carbocycles. The van der Waals surface area contributed by atoms with Crippen molar-refractivity contribution in [3.8, 4) is 0 Å². The lowest BCUT2D eigenvalue weighted by Crippen LogP contribution is -2.23. The van der Waals surface area contributed by atoms with Crippen LogP contribution in [0.3, 0.4) is 0 Å². The number of rotatable bonds is 4. The molecule has 0 N–H and O–H groups in total. The number of ether oxygens (including phenoxy) is 1. The smallest absolute Gasteiger partial charge is 0.283 e. The first-order valence-corrected chi connectivity index (χ1v) is 5.62. The van der Waals surface area contributed by atoms with Crippen LogP contribution in [0.25, 0.3) is 11.2 Å². The summed E-state index contributed by atoms with van der Waals surface area (Å²) in [6.45, 7) is 1.05. The largest absolute Gasteiger partial charge is 0.376 e. The predicted octanol–water partition coefficient (Wildman–Crippen LogP) is -0.296. The summed E-state index contributed by atoms with van der Waals surface area (Å²) in [7, 11) is 1.71. The maximum absolute atomic E-state index is 12.0. The van der Waals surface area contributed by atoms with E-state index in [1.807, 2.05) is 0 Å². The molecule has 1 aliphatic rings. The van der Waals surface area contributed by atoms with Crippen molar-refractivity contribution in [2.75, 3.05) is 6.61 Å². The Morgan fingerprint density at radius 2 is 2.35 bits per heavy atom. The molecule has 0 saturated heterocycles. The molecule has 3 rings (SSSR count). The molecule has 90 valence electrons. The molecule has 2 aromatic rings. The highest BCUT2D eigenvalue weighted by atomic mass is 16.5. The molecule has 0 atom stereocenters. The van der Waals surface area contributed by atoms with Crippen molar-refractivity contribution in [1.29, 1.82) is 0 Å². The summed E-state index contributed by atoms with van der Waals surface area (Å²) in [6, 6.07) is 0. The number of aromatic nitrogens is 5. The van der Waals surface area contributed by atoms with Crippen LogP contribution in [0.1, 0.15) is 12.8 Å². The van der Waals surface area contributed by atoms with Gasteiger partial charge in [0.2, 0.25) is 0 Å². The van der Waals surface area contributed by atoms with E-state index in [9.17, 15) is 4.79 Å². The minimum Gasteiger partial charge on any atom is -0.376 e. The van der Waals surface area contributed by atoms with Crippen molar-refractivity contribution in [3.05, 3.63) is 16.7 Å². The van der Waals surface area contributed by atoms with Gasteiger partial charge in [0.05, 0.1) is 19.3 Å². The molecule has 0 bridgehead atoms. The second-order valence-corrected chi connectivity index (χ2v) is 4.20. The van der Waals surface area contributed by atoms with Gasteiger partial charge in [-0.15, -0.1) is 5.10 Å². The van der Waals surface area contributed by atoms with E-state index >= 15 is 0 Å². The highest BCUT2D eigenvalue weighted by Crippen LogP contribution is 2.22. The van der Waals surface area contributed by atoms with Crippen LogP contribution in [-0.2, 0) is 18.3 Å². The first kappa shape index (κ1) is 10.4. The molecule has 17 heavy (non-hydrogen) atoms. The maximum Gasteiger partial charge on any atom is 0.283 e. The summed E-state index contributed by atoms with van der Waals surface area (Å²) < 4.78 is 8.50. The highest BCUT2D eigenvalue weighted by molar-refractivity contribution is 5.67. The minimum absolute atomic E-state index is 0.164. The van der Waals surface area contributed by atoms with Crippen molar-refractivity contribution in [2.24, 2.45) is 7.05 Å². The third-order valence-corrected chi connectivity index (χ3v) is 2.79. The van der Waals surface area contributed by atoms with E-state index in [0.717, 1.165) is 12.8 Å². The average Bonchev–Trinajstić information content (AvgIpc) is 3.06. The van der Waals surface area contributed by atoms with Crippen molar-refractivity contribution < 1.29 is 4.74 Å². The van der Waals surface area contributed by atoms with Gasteiger partial charge in [0.25, 0.3) is 5.56 Å². The molecule has 0 aliphatic heterocycles. The molecular formula is C10H13N5O2. The van der Waals surface area contributed by atoms with Gasteiger partial charge >= 0.3 is 0 Å². The van der Waals surface area contributed by atoms with E-state index < -0.39 is 0 Å². The molecule has 7 heteroatoms. The fourth-order valence-corrected chi connectivity index (χ4v) is 1.66. The molecule has 0 spiro atoms. The molecule has 0 amide bonds. The molecule has 2 heterocycles. The van der Waals surface area contributed by atoms with Crippen LogP contribution in [-0.4, -0.2) is 37.3 Å². The average molecular weight is 235 g/mol. The van der Waals surface area contributed by atoms with Crippen molar-refractivity contribution in [1.82, 2.24) is 24.5 Å². The van der Waals surface area contributed by atoms with E-state index in [0.29, 0.717) is 30.4 Å². The van der Waals surface area contributed by atoms with E-state index in [2.05, 4.69) is 15.3 Å². The zero-order chi connectivity index (χ0) is 11.8. The Kier molecular flexibility index (Phi) is 2.40. The zero-order valence-corrected chi connectivity index (χ0v) is 9.54. The second-order valence-electron chi connectivity index (χ2n) is 4.20. The summed E-state index contributed by atoms with van der Waals surface area (Å²) >= 11 is 0. The van der Waals surface area contributed by atoms with Crippen LogP contribution < -0.4 is 5.56 Å². The number of fused-ring (bicyclic) bond motifs is 1. The number of nitrogens with zero attached hydrogens (tertiary/aromatic N) is 5. The predicted molar refractivity (Wildman–Crippen MR) is 59.5 cm³/mol. The first-order valence-electron chi connectivity index (χ1n) is 5.62. The van der Waals surface area contributed by atoms with Gasteiger partial charge in [-0.2, -0.15) is 0 Å². The van der Waals surface area contributed by atoms with Gasteiger partial charge < -0.3 is 4.74 Å². The third kappa shape index (κ3) is 1.93. The van der Waals surface area contributed by atoms with Gasteiger partial charge in [0, 0.05) is 7.05 Å². The zero-order valence-electron chi connectivity index (χ0n) is 9.54. The summed E-state index contributed by atoms with van der Waals surface area (Å²) in [6.07, 6.45) is 4.19. The minimum atomic E-state index is -0.164. The molecule has 0 radical (unpaired) electrons. The number of aryl methyl sites for hydroxylation is 1. The van der Waals surface area contributed by atoms with Gasteiger partial charge in [-0.3, -0.25) is 9.36 Å². The molecular weight excluding hydrogens is 222 g/mol. The molecule has 1 aliphatic carbocycles. The summed E-state index contributed by atoms with van der Waals surface area (Å²) in [4.78, 5) is 16.1. The second kappa shape index (κ2) is 3.92. The topological polar surface area (TPSA) is 74.8 Å². The van der Waals surface area contributed by atoms with E-state index in [4.69, 9.17) is 4.74 Å². The van der Waals surface area contributed by atoms with Crippen LogP contribution in [0.15, 0.2) is 11.1 Å². The summed E-state index contributed by atoms with van der Waals surface area (Å²) in [5.41, 5.74) is 0.651. The van der Waals surface area contributed by atoms with Gasteiger partial charge in [-0.25, -0.2) is 9.67 Å². The Hall–Kier alpha value is -1.76.